The van der Waals surface area contributed by atoms with Gasteiger partial charge in [0, 0.05) is 12.3 Å². The minimum absolute atomic E-state index is 0.462. The first kappa shape index (κ1) is 14.7. The van der Waals surface area contributed by atoms with Crippen LogP contribution in [0.3, 0.4) is 0 Å². The molecule has 1 aliphatic rings. The van der Waals surface area contributed by atoms with Crippen LogP contribution < -0.4 is 0 Å². The van der Waals surface area contributed by atoms with Crippen molar-refractivity contribution in [2.24, 2.45) is 5.92 Å². The van der Waals surface area contributed by atoms with Crippen LogP contribution in [-0.2, 0) is 4.79 Å². The second-order valence-electron chi connectivity index (χ2n) is 5.67. The van der Waals surface area contributed by atoms with Crippen LogP contribution in [0.4, 0.5) is 0 Å². The summed E-state index contributed by atoms with van der Waals surface area (Å²) in [5.41, 5.74) is 0. The van der Waals surface area contributed by atoms with Gasteiger partial charge in [-0.2, -0.15) is 0 Å². The number of rotatable bonds is 11. The molecule has 1 unspecified atom stereocenters. The zero-order valence-corrected chi connectivity index (χ0v) is 11.7. The van der Waals surface area contributed by atoms with E-state index in [0.717, 1.165) is 6.42 Å². The number of carbonyl (C=O) groups excluding carboxylic acids is 1. The smallest absolute Gasteiger partial charge is 0.136 e. The number of carbonyl (C=O) groups is 1. The summed E-state index contributed by atoms with van der Waals surface area (Å²) in [7, 11) is 0. The van der Waals surface area contributed by atoms with Crippen molar-refractivity contribution in [3.05, 3.63) is 0 Å². The first-order valence-corrected chi connectivity index (χ1v) is 7.87. The summed E-state index contributed by atoms with van der Waals surface area (Å²) in [6.45, 7) is 2.27. The molecule has 0 aliphatic heterocycles. The van der Waals surface area contributed by atoms with Crippen molar-refractivity contribution in [3.8, 4) is 0 Å². The zero-order chi connectivity index (χ0) is 12.3. The molecule has 0 radical (unpaired) electrons. The molecule has 1 fully saturated rings. The van der Waals surface area contributed by atoms with Gasteiger partial charge in [-0.15, -0.1) is 0 Å². The third kappa shape index (κ3) is 6.85. The van der Waals surface area contributed by atoms with E-state index in [2.05, 4.69) is 6.92 Å². The second kappa shape index (κ2) is 9.67. The highest BCUT2D eigenvalue weighted by molar-refractivity contribution is 5.86. The Morgan fingerprint density at radius 1 is 0.882 bits per heavy atom. The Morgan fingerprint density at radius 2 is 1.41 bits per heavy atom. The fourth-order valence-corrected chi connectivity index (χ4v) is 2.65. The third-order valence-electron chi connectivity index (χ3n) is 4.10. The minimum atomic E-state index is 0.462. The van der Waals surface area contributed by atoms with Gasteiger partial charge in [-0.1, -0.05) is 71.1 Å². The van der Waals surface area contributed by atoms with Crippen molar-refractivity contribution < 1.29 is 4.79 Å². The number of ketones is 1. The topological polar surface area (TPSA) is 17.1 Å². The van der Waals surface area contributed by atoms with Gasteiger partial charge in [0.15, 0.2) is 0 Å². The Morgan fingerprint density at radius 3 is 1.82 bits per heavy atom. The van der Waals surface area contributed by atoms with Crippen LogP contribution >= 0.6 is 0 Å². The van der Waals surface area contributed by atoms with Crippen LogP contribution in [0.25, 0.3) is 0 Å². The van der Waals surface area contributed by atoms with Gasteiger partial charge < -0.3 is 0 Å². The maximum Gasteiger partial charge on any atom is 0.136 e. The number of unbranched alkanes of at least 4 members (excludes halogenated alkanes) is 9. The van der Waals surface area contributed by atoms with E-state index in [9.17, 15) is 4.79 Å². The molecule has 1 nitrogen and oxygen atoms in total. The average Bonchev–Trinajstić information content (AvgIpc) is 2.34. The molecule has 100 valence electrons. The summed E-state index contributed by atoms with van der Waals surface area (Å²) in [6, 6.07) is 0. The van der Waals surface area contributed by atoms with Crippen molar-refractivity contribution in [2.45, 2.75) is 90.4 Å². The molecular weight excluding hydrogens is 208 g/mol. The molecule has 1 rings (SSSR count). The van der Waals surface area contributed by atoms with Gasteiger partial charge in [-0.05, 0) is 12.8 Å². The Labute approximate surface area is 107 Å². The van der Waals surface area contributed by atoms with Crippen molar-refractivity contribution >= 4 is 5.78 Å². The van der Waals surface area contributed by atoms with Crippen molar-refractivity contribution in [2.75, 3.05) is 0 Å². The number of hydrogen-bond acceptors (Lipinski definition) is 1. The summed E-state index contributed by atoms with van der Waals surface area (Å²) in [5.74, 6) is 0.991. The number of hydrogen-bond donors (Lipinski definition) is 0. The van der Waals surface area contributed by atoms with Gasteiger partial charge in [0.1, 0.15) is 5.78 Å². The predicted octanol–water partition coefficient (Wildman–Crippen LogP) is 5.28. The Bertz CT molecular complexity index is 198. The highest BCUT2D eigenvalue weighted by Crippen LogP contribution is 2.27. The van der Waals surface area contributed by atoms with Crippen LogP contribution in [0.1, 0.15) is 90.4 Å². The highest BCUT2D eigenvalue weighted by Gasteiger charge is 2.26. The van der Waals surface area contributed by atoms with Gasteiger partial charge in [-0.3, -0.25) is 4.79 Å². The molecule has 0 amide bonds. The van der Waals surface area contributed by atoms with Crippen LogP contribution in [0.5, 0.6) is 0 Å². The SMILES string of the molecule is CCCCCCCCCCCCC1CCC1=O. The zero-order valence-electron chi connectivity index (χ0n) is 11.7. The molecule has 0 aromatic heterocycles. The van der Waals surface area contributed by atoms with Gasteiger partial charge in [0.05, 0.1) is 0 Å². The van der Waals surface area contributed by atoms with E-state index in [1.165, 1.54) is 77.0 Å². The summed E-state index contributed by atoms with van der Waals surface area (Å²) >= 11 is 0. The molecule has 0 heterocycles. The summed E-state index contributed by atoms with van der Waals surface area (Å²) in [4.78, 5) is 11.1. The van der Waals surface area contributed by atoms with Crippen LogP contribution in [0.2, 0.25) is 0 Å². The van der Waals surface area contributed by atoms with Crippen LogP contribution in [0, 0.1) is 5.92 Å². The first-order chi connectivity index (χ1) is 8.34. The van der Waals surface area contributed by atoms with E-state index in [1.807, 2.05) is 0 Å². The Kier molecular flexibility index (Phi) is 8.38. The van der Waals surface area contributed by atoms with E-state index < -0.39 is 0 Å². The first-order valence-electron chi connectivity index (χ1n) is 7.87. The largest absolute Gasteiger partial charge is 0.299 e. The second-order valence-corrected chi connectivity index (χ2v) is 5.67. The summed E-state index contributed by atoms with van der Waals surface area (Å²) < 4.78 is 0. The monoisotopic (exact) mass is 238 g/mol. The van der Waals surface area contributed by atoms with Crippen LogP contribution in [0.15, 0.2) is 0 Å². The minimum Gasteiger partial charge on any atom is -0.299 e. The molecule has 0 aromatic carbocycles. The summed E-state index contributed by atoms with van der Waals surface area (Å²) in [6.07, 6.45) is 17.1. The average molecular weight is 238 g/mol. The molecule has 1 atom stereocenters. The van der Waals surface area contributed by atoms with Gasteiger partial charge >= 0.3 is 0 Å². The molecule has 0 spiro atoms. The lowest BCUT2D eigenvalue weighted by Crippen LogP contribution is -2.25. The molecule has 1 heteroatoms. The molecule has 1 aliphatic carbocycles. The fraction of sp³-hybridized carbons (Fsp3) is 0.938. The van der Waals surface area contributed by atoms with E-state index in [4.69, 9.17) is 0 Å². The standard InChI is InChI=1S/C16H30O/c1-2-3-4-5-6-7-8-9-10-11-12-15-13-14-16(15)17/h15H,2-14H2,1H3. The molecule has 1 saturated carbocycles. The van der Waals surface area contributed by atoms with Crippen LogP contribution in [-0.4, -0.2) is 5.78 Å². The van der Waals surface area contributed by atoms with E-state index in [0.29, 0.717) is 11.7 Å². The van der Waals surface area contributed by atoms with Gasteiger partial charge in [-0.25, -0.2) is 0 Å². The van der Waals surface area contributed by atoms with Crippen molar-refractivity contribution in [3.63, 3.8) is 0 Å². The van der Waals surface area contributed by atoms with Gasteiger partial charge in [0.25, 0.3) is 0 Å². The highest BCUT2D eigenvalue weighted by atomic mass is 16.1. The molecular formula is C16H30O. The van der Waals surface area contributed by atoms with Gasteiger partial charge in [0.2, 0.25) is 0 Å². The summed E-state index contributed by atoms with van der Waals surface area (Å²) in [5, 5.41) is 0. The lowest BCUT2D eigenvalue weighted by Gasteiger charge is -2.23. The molecule has 0 bridgehead atoms. The maximum absolute atomic E-state index is 11.1. The van der Waals surface area contributed by atoms with E-state index >= 15 is 0 Å². The molecule has 0 saturated heterocycles. The lowest BCUT2D eigenvalue weighted by molar-refractivity contribution is -0.129. The maximum atomic E-state index is 11.1. The molecule has 0 N–H and O–H groups in total. The molecule has 0 aromatic rings. The Hall–Kier alpha value is -0.330. The quantitative estimate of drug-likeness (QED) is 0.448. The predicted molar refractivity (Wildman–Crippen MR) is 74.2 cm³/mol. The normalized spacial score (nSPS) is 19.4. The lowest BCUT2D eigenvalue weighted by atomic mass is 9.80. The van der Waals surface area contributed by atoms with E-state index in [-0.39, 0.29) is 0 Å². The van der Waals surface area contributed by atoms with Crippen molar-refractivity contribution in [1.82, 2.24) is 0 Å². The molecule has 17 heavy (non-hydrogen) atoms. The fourth-order valence-electron chi connectivity index (χ4n) is 2.65. The van der Waals surface area contributed by atoms with E-state index in [1.54, 1.807) is 0 Å². The Balaban J connectivity index is 1.71. The van der Waals surface area contributed by atoms with Crippen molar-refractivity contribution in [1.29, 1.82) is 0 Å². The third-order valence-corrected chi connectivity index (χ3v) is 4.10. The number of Topliss-reactive ketones (excluding diaryl/α,β-unsaturated/α-hetero) is 1.